The van der Waals surface area contributed by atoms with E-state index >= 15 is 0 Å². The van der Waals surface area contributed by atoms with Crippen molar-refractivity contribution in [3.05, 3.63) is 36.7 Å². The molecule has 0 aliphatic carbocycles. The summed E-state index contributed by atoms with van der Waals surface area (Å²) in [6.07, 6.45) is 3.42. The first kappa shape index (κ1) is 15.3. The molecule has 7 nitrogen and oxygen atoms in total. The highest BCUT2D eigenvalue weighted by molar-refractivity contribution is 7.89. The summed E-state index contributed by atoms with van der Waals surface area (Å²) in [5, 5.41) is 4.04. The Balaban J connectivity index is 2.18. The predicted octanol–water partition coefficient (Wildman–Crippen LogP) is 0.841. The fraction of sp³-hybridized carbons (Fsp3) is 0.308. The van der Waals surface area contributed by atoms with Gasteiger partial charge in [0.05, 0.1) is 13.7 Å². The third kappa shape index (κ3) is 3.73. The Bertz CT molecular complexity index is 698. The van der Waals surface area contributed by atoms with Gasteiger partial charge >= 0.3 is 0 Å². The van der Waals surface area contributed by atoms with Crippen molar-refractivity contribution in [1.82, 2.24) is 14.5 Å². The van der Waals surface area contributed by atoms with Crippen LogP contribution in [0.5, 0.6) is 5.75 Å². The number of anilines is 1. The third-order valence-corrected chi connectivity index (χ3v) is 4.48. The standard InChI is InChI=1S/C13H18N4O3S/c1-10(9-17-7-3-6-15-17)16-21(18,19)13-5-4-11(14)8-12(13)20-2/h3-8,10,16H,9,14H2,1-2H3. The quantitative estimate of drug-likeness (QED) is 0.770. The molecule has 0 amide bonds. The number of hydrogen-bond donors (Lipinski definition) is 2. The molecule has 2 aromatic rings. The van der Waals surface area contributed by atoms with Gasteiger partial charge in [0.25, 0.3) is 0 Å². The summed E-state index contributed by atoms with van der Waals surface area (Å²) < 4.78 is 34.1. The van der Waals surface area contributed by atoms with E-state index in [0.717, 1.165) is 0 Å². The lowest BCUT2D eigenvalue weighted by molar-refractivity contribution is 0.402. The zero-order chi connectivity index (χ0) is 15.5. The summed E-state index contributed by atoms with van der Waals surface area (Å²) in [5.41, 5.74) is 6.07. The molecule has 0 bridgehead atoms. The molecule has 1 unspecified atom stereocenters. The second-order valence-corrected chi connectivity index (χ2v) is 6.34. The van der Waals surface area contributed by atoms with E-state index in [9.17, 15) is 8.42 Å². The van der Waals surface area contributed by atoms with Crippen molar-refractivity contribution in [2.45, 2.75) is 24.4 Å². The van der Waals surface area contributed by atoms with E-state index in [2.05, 4.69) is 9.82 Å². The van der Waals surface area contributed by atoms with Crippen LogP contribution in [0.1, 0.15) is 6.92 Å². The number of hydrogen-bond acceptors (Lipinski definition) is 5. The molecule has 1 heterocycles. The molecule has 0 saturated carbocycles. The van der Waals surface area contributed by atoms with Crippen LogP contribution >= 0.6 is 0 Å². The van der Waals surface area contributed by atoms with Gasteiger partial charge in [-0.15, -0.1) is 0 Å². The van der Waals surface area contributed by atoms with Gasteiger partial charge < -0.3 is 10.5 Å². The maximum absolute atomic E-state index is 12.4. The molecule has 0 spiro atoms. The molecule has 0 saturated heterocycles. The lowest BCUT2D eigenvalue weighted by Crippen LogP contribution is -2.36. The molecule has 1 aromatic carbocycles. The molecule has 114 valence electrons. The van der Waals surface area contributed by atoms with Gasteiger partial charge in [-0.25, -0.2) is 13.1 Å². The maximum atomic E-state index is 12.4. The van der Waals surface area contributed by atoms with Crippen molar-refractivity contribution in [2.24, 2.45) is 0 Å². The number of methoxy groups -OCH3 is 1. The Morgan fingerprint density at radius 2 is 2.24 bits per heavy atom. The maximum Gasteiger partial charge on any atom is 0.244 e. The summed E-state index contributed by atoms with van der Waals surface area (Å²) in [4.78, 5) is 0.0616. The van der Waals surface area contributed by atoms with Crippen LogP contribution < -0.4 is 15.2 Å². The van der Waals surface area contributed by atoms with Crippen LogP contribution in [0.2, 0.25) is 0 Å². The van der Waals surface area contributed by atoms with Crippen LogP contribution in [0.4, 0.5) is 5.69 Å². The first-order chi connectivity index (χ1) is 9.92. The van der Waals surface area contributed by atoms with Gasteiger partial charge in [-0.2, -0.15) is 5.10 Å². The van der Waals surface area contributed by atoms with Crippen LogP contribution in [0.15, 0.2) is 41.6 Å². The van der Waals surface area contributed by atoms with E-state index in [4.69, 9.17) is 10.5 Å². The normalized spacial score (nSPS) is 13.0. The molecule has 0 radical (unpaired) electrons. The minimum Gasteiger partial charge on any atom is -0.495 e. The van der Waals surface area contributed by atoms with Crippen LogP contribution in [0, 0.1) is 0 Å². The van der Waals surface area contributed by atoms with Gasteiger partial charge in [-0.3, -0.25) is 4.68 Å². The molecule has 3 N–H and O–H groups in total. The highest BCUT2D eigenvalue weighted by atomic mass is 32.2. The number of benzene rings is 1. The van der Waals surface area contributed by atoms with E-state index < -0.39 is 10.0 Å². The summed E-state index contributed by atoms with van der Waals surface area (Å²) in [6, 6.07) is 5.89. The van der Waals surface area contributed by atoms with Crippen LogP contribution in [-0.4, -0.2) is 31.3 Å². The fourth-order valence-corrected chi connectivity index (χ4v) is 3.35. The number of aromatic nitrogens is 2. The predicted molar refractivity (Wildman–Crippen MR) is 79.4 cm³/mol. The van der Waals surface area contributed by atoms with Gasteiger partial charge in [0.1, 0.15) is 10.6 Å². The van der Waals surface area contributed by atoms with Gasteiger partial charge in [0, 0.05) is 30.2 Å². The molecule has 1 atom stereocenters. The van der Waals surface area contributed by atoms with E-state index in [0.29, 0.717) is 12.2 Å². The molecule has 0 fully saturated rings. The molecular weight excluding hydrogens is 292 g/mol. The number of nitrogen functional groups attached to an aromatic ring is 1. The Kier molecular flexibility index (Phi) is 4.49. The number of ether oxygens (including phenoxy) is 1. The van der Waals surface area contributed by atoms with Crippen LogP contribution in [-0.2, 0) is 16.6 Å². The van der Waals surface area contributed by atoms with E-state index in [-0.39, 0.29) is 16.7 Å². The molecule has 1 aromatic heterocycles. The summed E-state index contributed by atoms with van der Waals surface area (Å²) in [5.74, 6) is 0.216. The van der Waals surface area contributed by atoms with Crippen molar-refractivity contribution in [3.8, 4) is 5.75 Å². The Labute approximate surface area is 123 Å². The summed E-state index contributed by atoms with van der Waals surface area (Å²) in [6.45, 7) is 2.20. The fourth-order valence-electron chi connectivity index (χ4n) is 1.96. The van der Waals surface area contributed by atoms with Gasteiger partial charge in [-0.1, -0.05) is 0 Å². The highest BCUT2D eigenvalue weighted by Crippen LogP contribution is 2.26. The molecule has 21 heavy (non-hydrogen) atoms. The van der Waals surface area contributed by atoms with Crippen molar-refractivity contribution in [2.75, 3.05) is 12.8 Å². The molecule has 0 aliphatic heterocycles. The Morgan fingerprint density at radius 1 is 1.48 bits per heavy atom. The van der Waals surface area contributed by atoms with Crippen molar-refractivity contribution in [1.29, 1.82) is 0 Å². The number of nitrogens with one attached hydrogen (secondary N) is 1. The average molecular weight is 310 g/mol. The molecular formula is C13H18N4O3S. The number of sulfonamides is 1. The molecule has 8 heteroatoms. The Hall–Kier alpha value is -2.06. The van der Waals surface area contributed by atoms with Gasteiger partial charge in [-0.05, 0) is 25.1 Å². The first-order valence-electron chi connectivity index (χ1n) is 6.35. The molecule has 0 aliphatic rings. The first-order valence-corrected chi connectivity index (χ1v) is 7.84. The molecule has 2 rings (SSSR count). The zero-order valence-electron chi connectivity index (χ0n) is 11.9. The van der Waals surface area contributed by atoms with Crippen molar-refractivity contribution >= 4 is 15.7 Å². The monoisotopic (exact) mass is 310 g/mol. The lowest BCUT2D eigenvalue weighted by Gasteiger charge is -2.16. The lowest BCUT2D eigenvalue weighted by atomic mass is 10.3. The van der Waals surface area contributed by atoms with Gasteiger partial charge in [0.2, 0.25) is 10.0 Å². The average Bonchev–Trinajstić information content (AvgIpc) is 2.90. The number of nitrogens with two attached hydrogens (primary N) is 1. The number of nitrogens with zero attached hydrogens (tertiary/aromatic N) is 2. The van der Waals surface area contributed by atoms with E-state index in [1.807, 2.05) is 0 Å². The van der Waals surface area contributed by atoms with Gasteiger partial charge in [0.15, 0.2) is 0 Å². The number of rotatable bonds is 6. The summed E-state index contributed by atoms with van der Waals surface area (Å²) in [7, 11) is -2.29. The largest absolute Gasteiger partial charge is 0.495 e. The third-order valence-electron chi connectivity index (χ3n) is 2.85. The van der Waals surface area contributed by atoms with E-state index in [1.165, 1.54) is 25.3 Å². The smallest absolute Gasteiger partial charge is 0.244 e. The highest BCUT2D eigenvalue weighted by Gasteiger charge is 2.22. The second kappa shape index (κ2) is 6.15. The minimum atomic E-state index is -3.69. The zero-order valence-corrected chi connectivity index (χ0v) is 12.7. The van der Waals surface area contributed by atoms with Crippen molar-refractivity contribution < 1.29 is 13.2 Å². The Morgan fingerprint density at radius 3 is 2.86 bits per heavy atom. The second-order valence-electron chi connectivity index (χ2n) is 4.66. The van der Waals surface area contributed by atoms with E-state index in [1.54, 1.807) is 30.1 Å². The van der Waals surface area contributed by atoms with Crippen LogP contribution in [0.25, 0.3) is 0 Å². The van der Waals surface area contributed by atoms with Crippen molar-refractivity contribution in [3.63, 3.8) is 0 Å². The summed E-state index contributed by atoms with van der Waals surface area (Å²) >= 11 is 0. The minimum absolute atomic E-state index is 0.0616. The van der Waals surface area contributed by atoms with Crippen LogP contribution in [0.3, 0.4) is 0 Å². The topological polar surface area (TPSA) is 99.2 Å². The SMILES string of the molecule is COc1cc(N)ccc1S(=O)(=O)NC(C)Cn1cccn1.